The molecule has 0 aliphatic rings. The van der Waals surface area contributed by atoms with E-state index in [-0.39, 0.29) is 15.6 Å². The summed E-state index contributed by atoms with van der Waals surface area (Å²) in [5, 5.41) is 9.26. The van der Waals surface area contributed by atoms with Crippen LogP contribution in [0.1, 0.15) is 30.2 Å². The van der Waals surface area contributed by atoms with Gasteiger partial charge in [-0.3, -0.25) is 9.36 Å². The molecule has 0 bridgehead atoms. The molecule has 8 heteroatoms. The monoisotopic (exact) mass is 401 g/mol. The van der Waals surface area contributed by atoms with Crippen molar-refractivity contribution in [1.82, 2.24) is 14.1 Å². The van der Waals surface area contributed by atoms with Crippen LogP contribution in [0.3, 0.4) is 0 Å². The molecule has 0 atom stereocenters. The van der Waals surface area contributed by atoms with Gasteiger partial charge in [-0.2, -0.15) is 0 Å². The van der Waals surface area contributed by atoms with Crippen molar-refractivity contribution in [3.63, 3.8) is 0 Å². The lowest BCUT2D eigenvalue weighted by Crippen LogP contribution is -2.44. The summed E-state index contributed by atoms with van der Waals surface area (Å²) in [5.41, 5.74) is -1.93. The van der Waals surface area contributed by atoms with Gasteiger partial charge in [-0.1, -0.05) is 6.07 Å². The summed E-state index contributed by atoms with van der Waals surface area (Å²) < 4.78 is 2.16. The molecule has 21 heavy (non-hydrogen) atoms. The van der Waals surface area contributed by atoms with Gasteiger partial charge in [0.2, 0.25) is 0 Å². The molecule has 7 nitrogen and oxygen atoms in total. The second kappa shape index (κ2) is 5.80. The molecule has 2 rings (SSSR count). The minimum atomic E-state index is -1.37. The summed E-state index contributed by atoms with van der Waals surface area (Å²) in [7, 11) is 0. The number of carboxylic acids is 1. The molecule has 0 saturated carbocycles. The third kappa shape index (κ3) is 2.62. The van der Waals surface area contributed by atoms with Gasteiger partial charge in [0.05, 0.1) is 0 Å². The van der Waals surface area contributed by atoms with Crippen LogP contribution < -0.4 is 11.2 Å². The molecule has 2 heterocycles. The van der Waals surface area contributed by atoms with Crippen LogP contribution in [-0.2, 0) is 0 Å². The first-order chi connectivity index (χ1) is 9.86. The maximum absolute atomic E-state index is 12.5. The molecule has 0 aromatic carbocycles. The Morgan fingerprint density at radius 2 is 2.00 bits per heavy atom. The van der Waals surface area contributed by atoms with E-state index in [4.69, 9.17) is 0 Å². The van der Waals surface area contributed by atoms with E-state index >= 15 is 0 Å². The first-order valence-corrected chi connectivity index (χ1v) is 7.16. The van der Waals surface area contributed by atoms with Crippen molar-refractivity contribution in [2.45, 2.75) is 19.9 Å². The fourth-order valence-electron chi connectivity index (χ4n) is 1.91. The van der Waals surface area contributed by atoms with Crippen LogP contribution in [0.2, 0.25) is 0 Å². The number of aromatic nitrogens is 3. The molecule has 0 saturated heterocycles. The molecule has 0 amide bonds. The molecular formula is C13H12IN3O4. The number of nitrogens with zero attached hydrogens (tertiary/aromatic N) is 3. The summed E-state index contributed by atoms with van der Waals surface area (Å²) in [5.74, 6) is -1.27. The number of rotatable bonds is 3. The van der Waals surface area contributed by atoms with E-state index in [1.807, 2.05) is 0 Å². The van der Waals surface area contributed by atoms with Gasteiger partial charge < -0.3 is 5.11 Å². The lowest BCUT2D eigenvalue weighted by molar-refractivity contribution is 0.0691. The summed E-state index contributed by atoms with van der Waals surface area (Å²) in [4.78, 5) is 40.2. The van der Waals surface area contributed by atoms with Gasteiger partial charge in [-0.25, -0.2) is 19.1 Å². The third-order valence-electron chi connectivity index (χ3n) is 2.84. The molecule has 110 valence electrons. The van der Waals surface area contributed by atoms with Crippen molar-refractivity contribution < 1.29 is 9.90 Å². The lowest BCUT2D eigenvalue weighted by atomic mass is 10.3. The quantitative estimate of drug-likeness (QED) is 0.618. The largest absolute Gasteiger partial charge is 0.477 e. The van der Waals surface area contributed by atoms with Crippen LogP contribution in [0, 0.1) is 3.70 Å². The van der Waals surface area contributed by atoms with E-state index in [1.165, 1.54) is 16.8 Å². The summed E-state index contributed by atoms with van der Waals surface area (Å²) in [6.07, 6.45) is 1.43. The second-order valence-electron chi connectivity index (χ2n) is 4.55. The highest BCUT2D eigenvalue weighted by Gasteiger charge is 2.24. The SMILES string of the molecule is CC(C)n1c(I)c(C(=O)O)c(=O)n(-c2ccccn2)c1=O. The number of hydrogen-bond donors (Lipinski definition) is 1. The minimum absolute atomic E-state index is 0.0980. The number of pyridine rings is 1. The Hall–Kier alpha value is -1.97. The molecule has 0 spiro atoms. The van der Waals surface area contributed by atoms with Gasteiger partial charge in [-0.05, 0) is 48.6 Å². The smallest absolute Gasteiger partial charge is 0.344 e. The van der Waals surface area contributed by atoms with Crippen molar-refractivity contribution >= 4 is 28.6 Å². The Kier molecular flexibility index (Phi) is 4.26. The molecule has 2 aromatic rings. The Balaban J connectivity index is 2.99. The van der Waals surface area contributed by atoms with Crippen LogP contribution in [0.25, 0.3) is 5.82 Å². The minimum Gasteiger partial charge on any atom is -0.477 e. The molecule has 2 aromatic heterocycles. The van der Waals surface area contributed by atoms with Crippen LogP contribution in [0.15, 0.2) is 34.0 Å². The normalized spacial score (nSPS) is 10.9. The summed E-state index contributed by atoms with van der Waals surface area (Å²) >= 11 is 1.71. The van der Waals surface area contributed by atoms with Crippen molar-refractivity contribution in [2.75, 3.05) is 0 Å². The maximum atomic E-state index is 12.5. The molecule has 0 radical (unpaired) electrons. The number of aromatic carboxylic acids is 1. The third-order valence-corrected chi connectivity index (χ3v) is 3.90. The lowest BCUT2D eigenvalue weighted by Gasteiger charge is -2.16. The highest BCUT2D eigenvalue weighted by Crippen LogP contribution is 2.12. The second-order valence-corrected chi connectivity index (χ2v) is 5.57. The highest BCUT2D eigenvalue weighted by atomic mass is 127. The molecule has 0 aliphatic carbocycles. The van der Waals surface area contributed by atoms with Gasteiger partial charge in [0.1, 0.15) is 9.52 Å². The zero-order chi connectivity index (χ0) is 15.7. The number of hydrogen-bond acceptors (Lipinski definition) is 4. The zero-order valence-electron chi connectivity index (χ0n) is 11.3. The standard InChI is InChI=1S/C13H12IN3O4/c1-7(2)16-10(14)9(12(19)20)11(18)17(13(16)21)8-5-3-4-6-15-8/h3-7H,1-2H3,(H,19,20). The Bertz CT molecular complexity index is 809. The Morgan fingerprint density at radius 1 is 1.33 bits per heavy atom. The van der Waals surface area contributed by atoms with Gasteiger partial charge in [0.15, 0.2) is 5.56 Å². The van der Waals surface area contributed by atoms with Crippen LogP contribution >= 0.6 is 22.6 Å². The fourth-order valence-corrected chi connectivity index (χ4v) is 3.14. The van der Waals surface area contributed by atoms with Crippen molar-refractivity contribution in [3.05, 3.63) is 54.5 Å². The first-order valence-electron chi connectivity index (χ1n) is 6.08. The van der Waals surface area contributed by atoms with E-state index in [0.717, 1.165) is 4.57 Å². The van der Waals surface area contributed by atoms with Crippen molar-refractivity contribution in [2.24, 2.45) is 0 Å². The summed E-state index contributed by atoms with van der Waals surface area (Å²) in [6.45, 7) is 3.48. The predicted molar refractivity (Wildman–Crippen MR) is 84.2 cm³/mol. The predicted octanol–water partition coefficient (Wildman–Crippen LogP) is 1.28. The van der Waals surface area contributed by atoms with Gasteiger partial charge in [0, 0.05) is 12.2 Å². The van der Waals surface area contributed by atoms with E-state index in [0.29, 0.717) is 0 Å². The van der Waals surface area contributed by atoms with Crippen molar-refractivity contribution in [3.8, 4) is 5.82 Å². The Labute approximate surface area is 133 Å². The topological polar surface area (TPSA) is 94.2 Å². The van der Waals surface area contributed by atoms with Crippen molar-refractivity contribution in [1.29, 1.82) is 0 Å². The van der Waals surface area contributed by atoms with E-state index < -0.39 is 22.8 Å². The van der Waals surface area contributed by atoms with Crippen LogP contribution in [0.5, 0.6) is 0 Å². The zero-order valence-corrected chi connectivity index (χ0v) is 13.4. The van der Waals surface area contributed by atoms with Gasteiger partial charge >= 0.3 is 11.7 Å². The Morgan fingerprint density at radius 3 is 2.48 bits per heavy atom. The number of carbonyl (C=O) groups is 1. The molecule has 0 aliphatic heterocycles. The fraction of sp³-hybridized carbons (Fsp3) is 0.231. The molecule has 0 unspecified atom stereocenters. The average molecular weight is 401 g/mol. The van der Waals surface area contributed by atoms with Crippen LogP contribution in [-0.4, -0.2) is 25.2 Å². The van der Waals surface area contributed by atoms with Crippen LogP contribution in [0.4, 0.5) is 0 Å². The van der Waals surface area contributed by atoms with E-state index in [2.05, 4.69) is 4.98 Å². The average Bonchev–Trinajstić information content (AvgIpc) is 2.38. The molecule has 1 N–H and O–H groups in total. The number of halogens is 1. The van der Waals surface area contributed by atoms with Gasteiger partial charge in [0.25, 0.3) is 5.56 Å². The first kappa shape index (κ1) is 15.4. The molecule has 0 fully saturated rings. The molecular weight excluding hydrogens is 389 g/mol. The number of carboxylic acid groups (broad SMARTS) is 1. The van der Waals surface area contributed by atoms with E-state index in [9.17, 15) is 19.5 Å². The highest BCUT2D eigenvalue weighted by molar-refractivity contribution is 14.1. The van der Waals surface area contributed by atoms with E-state index in [1.54, 1.807) is 48.6 Å². The maximum Gasteiger partial charge on any atom is 0.344 e. The van der Waals surface area contributed by atoms with Gasteiger partial charge in [-0.15, -0.1) is 0 Å². The summed E-state index contributed by atoms with van der Waals surface area (Å²) in [6, 6.07) is 4.44.